The summed E-state index contributed by atoms with van der Waals surface area (Å²) >= 11 is 7.32. The first-order chi connectivity index (χ1) is 13.1. The maximum Gasteiger partial charge on any atom is 0.267 e. The van der Waals surface area contributed by atoms with Gasteiger partial charge < -0.3 is 4.74 Å². The molecular weight excluding hydrogens is 384 g/mol. The van der Waals surface area contributed by atoms with Gasteiger partial charge in [-0.3, -0.25) is 9.20 Å². The Hall–Kier alpha value is -2.77. The second-order valence-corrected chi connectivity index (χ2v) is 7.26. The molecule has 4 rings (SSSR count). The Balaban J connectivity index is 2.03. The largest absolute Gasteiger partial charge is 0.497 e. The van der Waals surface area contributed by atoms with Crippen LogP contribution in [-0.2, 0) is 0 Å². The van der Waals surface area contributed by atoms with E-state index in [1.165, 1.54) is 11.8 Å². The summed E-state index contributed by atoms with van der Waals surface area (Å²) in [6.07, 6.45) is 0. The zero-order valence-corrected chi connectivity index (χ0v) is 16.0. The number of benzene rings is 2. The fourth-order valence-electron chi connectivity index (χ4n) is 2.88. The van der Waals surface area contributed by atoms with Gasteiger partial charge in [-0.25, -0.2) is 4.57 Å². The van der Waals surface area contributed by atoms with Gasteiger partial charge in [-0.15, -0.1) is 10.2 Å². The van der Waals surface area contributed by atoms with Crippen LogP contribution in [0.1, 0.15) is 0 Å². The van der Waals surface area contributed by atoms with Crippen molar-refractivity contribution in [2.24, 2.45) is 0 Å². The van der Waals surface area contributed by atoms with Crippen LogP contribution in [0.4, 0.5) is 0 Å². The second-order valence-electron chi connectivity index (χ2n) is 5.78. The van der Waals surface area contributed by atoms with Crippen LogP contribution in [-0.4, -0.2) is 32.0 Å². The first-order valence-electron chi connectivity index (χ1n) is 8.09. The van der Waals surface area contributed by atoms with Crippen molar-refractivity contribution in [2.45, 2.75) is 5.16 Å². The molecule has 2 aromatic carbocycles. The summed E-state index contributed by atoms with van der Waals surface area (Å²) in [4.78, 5) is 13.2. The number of para-hydroxylation sites is 1. The van der Waals surface area contributed by atoms with Crippen LogP contribution in [0.25, 0.3) is 22.4 Å². The third kappa shape index (κ3) is 3.09. The number of hydrogen-bond acceptors (Lipinski definition) is 5. The molecule has 0 atom stereocenters. The van der Waals surface area contributed by atoms with E-state index < -0.39 is 0 Å². The van der Waals surface area contributed by atoms with E-state index in [0.717, 1.165) is 5.52 Å². The van der Waals surface area contributed by atoms with Gasteiger partial charge in [-0.2, -0.15) is 0 Å². The highest BCUT2D eigenvalue weighted by molar-refractivity contribution is 7.99. The number of hydrogen-bond donors (Lipinski definition) is 0. The van der Waals surface area contributed by atoms with Crippen molar-refractivity contribution in [1.82, 2.24) is 19.2 Å². The first kappa shape index (κ1) is 17.6. The minimum absolute atomic E-state index is 0.158. The molecule has 0 spiro atoms. The number of fused-ring (bicyclic) bond motifs is 3. The molecule has 0 fully saturated rings. The van der Waals surface area contributed by atoms with Gasteiger partial charge in [0.15, 0.2) is 5.16 Å². The Morgan fingerprint density at radius 3 is 2.63 bits per heavy atom. The molecule has 0 radical (unpaired) electrons. The highest BCUT2D eigenvalue weighted by atomic mass is 35.5. The number of nitrogens with zero attached hydrogens (tertiary/aromatic N) is 4. The normalized spacial score (nSPS) is 11.2. The Kier molecular flexibility index (Phi) is 4.63. The maximum absolute atomic E-state index is 13.2. The Bertz CT molecular complexity index is 1210. The molecule has 0 saturated heterocycles. The summed E-state index contributed by atoms with van der Waals surface area (Å²) in [6, 6.07) is 14.6. The highest BCUT2D eigenvalue weighted by Gasteiger charge is 2.17. The number of methoxy groups -OCH3 is 1. The molecule has 6 nitrogen and oxygen atoms in total. The number of thioether (sulfide) groups is 1. The first-order valence-corrected chi connectivity index (χ1v) is 9.46. The summed E-state index contributed by atoms with van der Waals surface area (Å²) in [7, 11) is 1.60. The molecule has 0 bridgehead atoms. The standard InChI is InChI=1S/C19H15ClN4O2S/c1-12(20)11-27-19-22-21-18-23(13-7-9-14(26-2)10-8-13)17(25)15-5-3-4-6-16(15)24(18)19/h3-10H,1,11H2,2H3. The van der Waals surface area contributed by atoms with Crippen molar-refractivity contribution in [3.8, 4) is 11.4 Å². The molecule has 4 aromatic rings. The predicted octanol–water partition coefficient (Wildman–Crippen LogP) is 3.89. The van der Waals surface area contributed by atoms with E-state index in [-0.39, 0.29) is 5.56 Å². The van der Waals surface area contributed by atoms with Crippen LogP contribution < -0.4 is 10.3 Å². The average Bonchev–Trinajstić information content (AvgIpc) is 3.11. The van der Waals surface area contributed by atoms with E-state index in [0.29, 0.717) is 38.5 Å². The molecule has 0 saturated carbocycles. The van der Waals surface area contributed by atoms with Gasteiger partial charge in [0, 0.05) is 10.8 Å². The zero-order valence-electron chi connectivity index (χ0n) is 14.4. The van der Waals surface area contributed by atoms with Crippen LogP contribution in [0, 0.1) is 0 Å². The molecule has 2 heterocycles. The second kappa shape index (κ2) is 7.09. The Labute approximate surface area is 164 Å². The lowest BCUT2D eigenvalue weighted by Crippen LogP contribution is -2.21. The lowest BCUT2D eigenvalue weighted by Gasteiger charge is -2.11. The average molecular weight is 399 g/mol. The molecular formula is C19H15ClN4O2S. The van der Waals surface area contributed by atoms with Crippen LogP contribution >= 0.6 is 23.4 Å². The molecule has 2 aromatic heterocycles. The lowest BCUT2D eigenvalue weighted by atomic mass is 10.2. The van der Waals surface area contributed by atoms with Crippen molar-refractivity contribution < 1.29 is 4.74 Å². The SMILES string of the molecule is C=C(Cl)CSc1nnc2n(-c3ccc(OC)cc3)c(=O)c3ccccc3n12. The number of ether oxygens (including phenoxy) is 1. The van der Waals surface area contributed by atoms with Crippen molar-refractivity contribution in [2.75, 3.05) is 12.9 Å². The van der Waals surface area contributed by atoms with Gasteiger partial charge in [-0.05, 0) is 36.4 Å². The van der Waals surface area contributed by atoms with Gasteiger partial charge in [0.25, 0.3) is 5.56 Å². The minimum atomic E-state index is -0.158. The van der Waals surface area contributed by atoms with Gasteiger partial charge in [0.1, 0.15) is 5.75 Å². The predicted molar refractivity (Wildman–Crippen MR) is 108 cm³/mol. The van der Waals surface area contributed by atoms with Crippen molar-refractivity contribution in [1.29, 1.82) is 0 Å². The molecule has 0 aliphatic rings. The number of aromatic nitrogens is 4. The molecule has 0 N–H and O–H groups in total. The van der Waals surface area contributed by atoms with Crippen LogP contribution in [0.5, 0.6) is 5.75 Å². The third-order valence-electron chi connectivity index (χ3n) is 4.08. The summed E-state index contributed by atoms with van der Waals surface area (Å²) in [5.41, 5.74) is 1.27. The van der Waals surface area contributed by atoms with E-state index in [2.05, 4.69) is 16.8 Å². The highest BCUT2D eigenvalue weighted by Crippen LogP contribution is 2.25. The molecule has 0 amide bonds. The monoisotopic (exact) mass is 398 g/mol. The zero-order chi connectivity index (χ0) is 19.0. The van der Waals surface area contributed by atoms with Crippen molar-refractivity contribution in [3.05, 3.63) is 70.5 Å². The van der Waals surface area contributed by atoms with Gasteiger partial charge in [0.05, 0.1) is 23.7 Å². The quantitative estimate of drug-likeness (QED) is 0.477. The van der Waals surface area contributed by atoms with Crippen LogP contribution in [0.2, 0.25) is 0 Å². The molecule has 27 heavy (non-hydrogen) atoms. The van der Waals surface area contributed by atoms with E-state index in [1.807, 2.05) is 34.7 Å². The third-order valence-corrected chi connectivity index (χ3v) is 5.39. The lowest BCUT2D eigenvalue weighted by molar-refractivity contribution is 0.414. The van der Waals surface area contributed by atoms with Gasteiger partial charge in [-0.1, -0.05) is 42.1 Å². The van der Waals surface area contributed by atoms with E-state index in [4.69, 9.17) is 16.3 Å². The molecule has 136 valence electrons. The van der Waals surface area contributed by atoms with E-state index in [9.17, 15) is 4.79 Å². The van der Waals surface area contributed by atoms with E-state index >= 15 is 0 Å². The molecule has 0 aliphatic carbocycles. The topological polar surface area (TPSA) is 61.4 Å². The molecule has 8 heteroatoms. The smallest absolute Gasteiger partial charge is 0.267 e. The Morgan fingerprint density at radius 2 is 1.93 bits per heavy atom. The van der Waals surface area contributed by atoms with Crippen LogP contribution in [0.3, 0.4) is 0 Å². The van der Waals surface area contributed by atoms with Crippen LogP contribution in [0.15, 0.2) is 70.1 Å². The summed E-state index contributed by atoms with van der Waals surface area (Å²) < 4.78 is 8.62. The molecule has 0 aliphatic heterocycles. The minimum Gasteiger partial charge on any atom is -0.497 e. The summed E-state index contributed by atoms with van der Waals surface area (Å²) in [6.45, 7) is 3.71. The van der Waals surface area contributed by atoms with E-state index in [1.54, 1.807) is 29.9 Å². The van der Waals surface area contributed by atoms with Crippen molar-refractivity contribution >= 4 is 40.0 Å². The maximum atomic E-state index is 13.2. The van der Waals surface area contributed by atoms with Gasteiger partial charge >= 0.3 is 0 Å². The fraction of sp³-hybridized carbons (Fsp3) is 0.105. The van der Waals surface area contributed by atoms with Crippen molar-refractivity contribution in [3.63, 3.8) is 0 Å². The number of rotatable bonds is 5. The molecule has 0 unspecified atom stereocenters. The van der Waals surface area contributed by atoms with Gasteiger partial charge in [0.2, 0.25) is 5.78 Å². The summed E-state index contributed by atoms with van der Waals surface area (Å²) in [5.74, 6) is 1.65. The Morgan fingerprint density at radius 1 is 1.19 bits per heavy atom. The summed E-state index contributed by atoms with van der Waals surface area (Å²) in [5, 5.41) is 10.3. The fourth-order valence-corrected chi connectivity index (χ4v) is 3.74. The number of halogens is 1.